The standard InChI is InChI=1S/C9H5F4IN2O/c10-3-6-7(14)5(1-2-15)4-16-8(6)17-9(11,12)13/h4H,1,3H2. The van der Waals surface area contributed by atoms with Crippen molar-refractivity contribution < 1.29 is 22.3 Å². The summed E-state index contributed by atoms with van der Waals surface area (Å²) in [7, 11) is 0. The SMILES string of the molecule is N#CCc1cnc(OC(F)(F)F)c(CF)c1I. The highest BCUT2D eigenvalue weighted by Gasteiger charge is 2.33. The van der Waals surface area contributed by atoms with Gasteiger partial charge in [-0.2, -0.15) is 5.26 Å². The lowest BCUT2D eigenvalue weighted by molar-refractivity contribution is -0.276. The summed E-state index contributed by atoms with van der Waals surface area (Å²) >= 11 is 1.66. The number of ether oxygens (including phenoxy) is 1. The van der Waals surface area contributed by atoms with Crippen LogP contribution >= 0.6 is 22.6 Å². The van der Waals surface area contributed by atoms with Crippen LogP contribution in [0.4, 0.5) is 17.6 Å². The van der Waals surface area contributed by atoms with Crippen LogP contribution in [0.1, 0.15) is 11.1 Å². The number of aromatic nitrogens is 1. The largest absolute Gasteiger partial charge is 0.574 e. The van der Waals surface area contributed by atoms with E-state index in [1.165, 1.54) is 0 Å². The van der Waals surface area contributed by atoms with Crippen LogP contribution in [0.5, 0.6) is 5.88 Å². The molecule has 1 aromatic rings. The molecule has 0 unspecified atom stereocenters. The topological polar surface area (TPSA) is 45.9 Å². The van der Waals surface area contributed by atoms with Crippen molar-refractivity contribution in [3.8, 4) is 11.9 Å². The minimum atomic E-state index is -4.92. The molecular formula is C9H5F4IN2O. The number of alkyl halides is 4. The molecule has 0 saturated heterocycles. The first-order valence-corrected chi connectivity index (χ1v) is 5.31. The molecular weight excluding hydrogens is 355 g/mol. The van der Waals surface area contributed by atoms with Gasteiger partial charge in [-0.15, -0.1) is 13.2 Å². The molecule has 0 bridgehead atoms. The smallest absolute Gasteiger partial charge is 0.387 e. The van der Waals surface area contributed by atoms with E-state index < -0.39 is 18.9 Å². The molecule has 0 spiro atoms. The van der Waals surface area contributed by atoms with E-state index in [4.69, 9.17) is 5.26 Å². The van der Waals surface area contributed by atoms with Gasteiger partial charge in [0.1, 0.15) is 6.67 Å². The molecule has 0 atom stereocenters. The van der Waals surface area contributed by atoms with Crippen molar-refractivity contribution in [1.29, 1.82) is 5.26 Å². The van der Waals surface area contributed by atoms with Crippen LogP contribution in [-0.4, -0.2) is 11.3 Å². The number of pyridine rings is 1. The highest BCUT2D eigenvalue weighted by molar-refractivity contribution is 14.1. The van der Waals surface area contributed by atoms with Gasteiger partial charge in [0, 0.05) is 9.77 Å². The zero-order valence-electron chi connectivity index (χ0n) is 8.18. The van der Waals surface area contributed by atoms with Crippen LogP contribution in [-0.2, 0) is 13.1 Å². The third-order valence-corrected chi connectivity index (χ3v) is 3.10. The predicted molar refractivity (Wildman–Crippen MR) is 57.8 cm³/mol. The van der Waals surface area contributed by atoms with Crippen LogP contribution in [0.15, 0.2) is 6.20 Å². The summed E-state index contributed by atoms with van der Waals surface area (Å²) in [5.41, 5.74) is 0.0750. The molecule has 0 N–H and O–H groups in total. The Morgan fingerprint density at radius 3 is 2.59 bits per heavy atom. The third kappa shape index (κ3) is 3.69. The Kier molecular flexibility index (Phi) is 4.50. The Hall–Kier alpha value is -1.11. The van der Waals surface area contributed by atoms with Crippen molar-refractivity contribution in [1.82, 2.24) is 4.98 Å². The second kappa shape index (κ2) is 5.48. The average molecular weight is 360 g/mol. The molecule has 1 rings (SSSR count). The van der Waals surface area contributed by atoms with E-state index in [1.54, 1.807) is 22.6 Å². The van der Waals surface area contributed by atoms with Crippen LogP contribution < -0.4 is 4.74 Å². The van der Waals surface area contributed by atoms with Gasteiger partial charge in [0.15, 0.2) is 0 Å². The Bertz CT molecular complexity index is 456. The molecule has 0 aliphatic rings. The molecule has 8 heteroatoms. The fraction of sp³-hybridized carbons (Fsp3) is 0.333. The summed E-state index contributed by atoms with van der Waals surface area (Å²) in [5, 5.41) is 8.48. The zero-order chi connectivity index (χ0) is 13.1. The average Bonchev–Trinajstić information content (AvgIpc) is 2.21. The first-order chi connectivity index (χ1) is 7.89. The molecule has 0 aliphatic heterocycles. The van der Waals surface area contributed by atoms with E-state index in [0.717, 1.165) is 6.20 Å². The Labute approximate surface area is 108 Å². The van der Waals surface area contributed by atoms with Gasteiger partial charge in [0.2, 0.25) is 5.88 Å². The second-order valence-corrected chi connectivity index (χ2v) is 3.98. The molecule has 0 fully saturated rings. The van der Waals surface area contributed by atoms with Crippen LogP contribution in [0.3, 0.4) is 0 Å². The van der Waals surface area contributed by atoms with E-state index in [1.807, 2.05) is 6.07 Å². The van der Waals surface area contributed by atoms with E-state index in [0.29, 0.717) is 5.56 Å². The number of nitrogens with zero attached hydrogens (tertiary/aromatic N) is 2. The summed E-state index contributed by atoms with van der Waals surface area (Å²) in [5.74, 6) is -0.814. The van der Waals surface area contributed by atoms with E-state index in [2.05, 4.69) is 9.72 Å². The molecule has 1 aromatic heterocycles. The van der Waals surface area contributed by atoms with Gasteiger partial charge in [0.25, 0.3) is 0 Å². The van der Waals surface area contributed by atoms with E-state index in [9.17, 15) is 17.6 Å². The molecule has 1 heterocycles. The Morgan fingerprint density at radius 1 is 1.47 bits per heavy atom. The normalized spacial score (nSPS) is 11.1. The van der Waals surface area contributed by atoms with Gasteiger partial charge in [0.05, 0.1) is 18.1 Å². The quantitative estimate of drug-likeness (QED) is 0.615. The lowest BCUT2D eigenvalue weighted by atomic mass is 10.1. The number of nitriles is 1. The third-order valence-electron chi connectivity index (χ3n) is 1.76. The number of rotatable bonds is 3. The van der Waals surface area contributed by atoms with Gasteiger partial charge in [-0.3, -0.25) is 0 Å². The molecule has 3 nitrogen and oxygen atoms in total. The molecule has 17 heavy (non-hydrogen) atoms. The number of hydrogen-bond donors (Lipinski definition) is 0. The van der Waals surface area contributed by atoms with E-state index >= 15 is 0 Å². The summed E-state index contributed by atoms with van der Waals surface area (Å²) in [4.78, 5) is 3.38. The highest BCUT2D eigenvalue weighted by Crippen LogP contribution is 2.30. The summed E-state index contributed by atoms with van der Waals surface area (Å²) in [6.07, 6.45) is -3.90. The van der Waals surface area contributed by atoms with Crippen molar-refractivity contribution in [2.75, 3.05) is 0 Å². The molecule has 0 aliphatic carbocycles. The van der Waals surface area contributed by atoms with Gasteiger partial charge in [-0.25, -0.2) is 9.37 Å². The molecule has 0 amide bonds. The summed E-state index contributed by atoms with van der Waals surface area (Å²) in [6.45, 7) is -1.14. The lowest BCUT2D eigenvalue weighted by Crippen LogP contribution is -2.19. The first-order valence-electron chi connectivity index (χ1n) is 4.24. The minimum absolute atomic E-state index is 0.0510. The monoisotopic (exact) mass is 360 g/mol. The maximum absolute atomic E-state index is 12.7. The Balaban J connectivity index is 3.17. The van der Waals surface area contributed by atoms with Crippen molar-refractivity contribution in [2.24, 2.45) is 0 Å². The van der Waals surface area contributed by atoms with Crippen molar-refractivity contribution in [2.45, 2.75) is 19.5 Å². The molecule has 0 radical (unpaired) electrons. The zero-order valence-corrected chi connectivity index (χ0v) is 10.3. The first kappa shape index (κ1) is 14.0. The second-order valence-electron chi connectivity index (χ2n) is 2.90. The van der Waals surface area contributed by atoms with Crippen LogP contribution in [0, 0.1) is 14.9 Å². The molecule has 0 aromatic carbocycles. The highest BCUT2D eigenvalue weighted by atomic mass is 127. The van der Waals surface area contributed by atoms with Crippen molar-refractivity contribution in [3.05, 3.63) is 20.9 Å². The molecule has 92 valence electrons. The molecule has 0 saturated carbocycles. The summed E-state index contributed by atoms with van der Waals surface area (Å²) < 4.78 is 52.5. The van der Waals surface area contributed by atoms with Gasteiger partial charge in [-0.1, -0.05) is 0 Å². The van der Waals surface area contributed by atoms with Crippen molar-refractivity contribution >= 4 is 22.6 Å². The van der Waals surface area contributed by atoms with Crippen molar-refractivity contribution in [3.63, 3.8) is 0 Å². The van der Waals surface area contributed by atoms with Gasteiger partial charge < -0.3 is 4.74 Å². The van der Waals surface area contributed by atoms with Crippen LogP contribution in [0.25, 0.3) is 0 Å². The maximum Gasteiger partial charge on any atom is 0.574 e. The Morgan fingerprint density at radius 2 is 2.12 bits per heavy atom. The number of hydrogen-bond acceptors (Lipinski definition) is 3. The number of halogens is 5. The van der Waals surface area contributed by atoms with Gasteiger partial charge >= 0.3 is 6.36 Å². The van der Waals surface area contributed by atoms with E-state index in [-0.39, 0.29) is 15.6 Å². The maximum atomic E-state index is 12.7. The minimum Gasteiger partial charge on any atom is -0.387 e. The predicted octanol–water partition coefficient (Wildman–Crippen LogP) is 3.12. The fourth-order valence-electron chi connectivity index (χ4n) is 1.08. The van der Waals surface area contributed by atoms with Crippen LogP contribution in [0.2, 0.25) is 0 Å². The fourth-order valence-corrected chi connectivity index (χ4v) is 1.79. The lowest BCUT2D eigenvalue weighted by Gasteiger charge is -2.13. The summed E-state index contributed by atoms with van der Waals surface area (Å²) in [6, 6.07) is 1.81. The van der Waals surface area contributed by atoms with Gasteiger partial charge in [-0.05, 0) is 28.2 Å².